The molecule has 0 heterocycles. The van der Waals surface area contributed by atoms with E-state index in [4.69, 9.17) is 17.3 Å². The third-order valence-electron chi connectivity index (χ3n) is 2.26. The van der Waals surface area contributed by atoms with E-state index in [0.29, 0.717) is 0 Å². The van der Waals surface area contributed by atoms with Gasteiger partial charge in [0.15, 0.2) is 0 Å². The van der Waals surface area contributed by atoms with Crippen molar-refractivity contribution in [3.63, 3.8) is 0 Å². The maximum atomic E-state index is 12.9. The van der Waals surface area contributed by atoms with Gasteiger partial charge in [-0.2, -0.15) is 0 Å². The topological polar surface area (TPSA) is 29.3 Å². The molecule has 0 aliphatic heterocycles. The molecule has 1 aromatic rings. The highest BCUT2D eigenvalue weighted by Gasteiger charge is 2.05. The molecule has 2 nitrogen and oxygen atoms in total. The first-order valence-electron chi connectivity index (χ1n) is 4.92. The molecule has 0 aliphatic rings. The SMILES string of the molecule is CC(N)CCN(C)c1ccc(F)c(Cl)c1. The molecular weight excluding hydrogens is 215 g/mol. The Balaban J connectivity index is 2.65. The molecule has 1 aromatic carbocycles. The van der Waals surface area contributed by atoms with E-state index in [0.717, 1.165) is 18.7 Å². The van der Waals surface area contributed by atoms with Crippen molar-refractivity contribution in [2.24, 2.45) is 5.73 Å². The van der Waals surface area contributed by atoms with Crippen LogP contribution in [0.2, 0.25) is 5.02 Å². The van der Waals surface area contributed by atoms with E-state index < -0.39 is 0 Å². The molecule has 0 fully saturated rings. The molecule has 0 amide bonds. The molecule has 1 atom stereocenters. The number of rotatable bonds is 4. The number of nitrogens with zero attached hydrogens (tertiary/aromatic N) is 1. The van der Waals surface area contributed by atoms with Gasteiger partial charge in [-0.1, -0.05) is 11.6 Å². The van der Waals surface area contributed by atoms with Crippen LogP contribution < -0.4 is 10.6 Å². The van der Waals surface area contributed by atoms with Crippen LogP contribution >= 0.6 is 11.6 Å². The number of anilines is 1. The Bertz CT molecular complexity index is 328. The Kier molecular flexibility index (Phi) is 4.36. The van der Waals surface area contributed by atoms with Crippen molar-refractivity contribution in [1.82, 2.24) is 0 Å². The first-order valence-corrected chi connectivity index (χ1v) is 5.30. The summed E-state index contributed by atoms with van der Waals surface area (Å²) in [5.74, 6) is -0.388. The van der Waals surface area contributed by atoms with Crippen molar-refractivity contribution in [2.45, 2.75) is 19.4 Å². The lowest BCUT2D eigenvalue weighted by Gasteiger charge is -2.20. The van der Waals surface area contributed by atoms with Gasteiger partial charge >= 0.3 is 0 Å². The van der Waals surface area contributed by atoms with E-state index in [1.165, 1.54) is 6.07 Å². The van der Waals surface area contributed by atoms with Crippen molar-refractivity contribution >= 4 is 17.3 Å². The summed E-state index contributed by atoms with van der Waals surface area (Å²) in [7, 11) is 1.94. The first-order chi connectivity index (χ1) is 7.00. The van der Waals surface area contributed by atoms with Gasteiger partial charge in [0.2, 0.25) is 0 Å². The number of hydrogen-bond acceptors (Lipinski definition) is 2. The Morgan fingerprint density at radius 3 is 2.73 bits per heavy atom. The smallest absolute Gasteiger partial charge is 0.141 e. The van der Waals surface area contributed by atoms with Gasteiger partial charge in [-0.25, -0.2) is 4.39 Å². The second-order valence-corrected chi connectivity index (χ2v) is 4.19. The van der Waals surface area contributed by atoms with E-state index in [-0.39, 0.29) is 16.9 Å². The minimum Gasteiger partial charge on any atom is -0.374 e. The Hall–Kier alpha value is -0.800. The van der Waals surface area contributed by atoms with Crippen LogP contribution in [0.25, 0.3) is 0 Å². The van der Waals surface area contributed by atoms with Crippen LogP contribution in [0.5, 0.6) is 0 Å². The fourth-order valence-corrected chi connectivity index (χ4v) is 1.42. The van der Waals surface area contributed by atoms with Crippen molar-refractivity contribution in [3.8, 4) is 0 Å². The van der Waals surface area contributed by atoms with E-state index in [1.54, 1.807) is 12.1 Å². The quantitative estimate of drug-likeness (QED) is 0.862. The molecule has 0 radical (unpaired) electrons. The molecule has 0 aliphatic carbocycles. The maximum absolute atomic E-state index is 12.9. The molecule has 0 aromatic heterocycles. The summed E-state index contributed by atoms with van der Waals surface area (Å²) in [6.07, 6.45) is 0.894. The van der Waals surface area contributed by atoms with Crippen LogP contribution in [-0.4, -0.2) is 19.6 Å². The van der Waals surface area contributed by atoms with Gasteiger partial charge in [0, 0.05) is 25.3 Å². The van der Waals surface area contributed by atoms with Crippen LogP contribution in [0.15, 0.2) is 18.2 Å². The lowest BCUT2D eigenvalue weighted by atomic mass is 10.2. The van der Waals surface area contributed by atoms with Gasteiger partial charge in [-0.05, 0) is 31.5 Å². The molecule has 1 unspecified atom stereocenters. The minimum atomic E-state index is -0.388. The number of halogens is 2. The standard InChI is InChI=1S/C11H16ClFN2/c1-8(14)5-6-15(2)9-3-4-11(13)10(12)7-9/h3-4,7-8H,5-6,14H2,1-2H3. The molecule has 1 rings (SSSR count). The van der Waals surface area contributed by atoms with E-state index >= 15 is 0 Å². The normalized spacial score (nSPS) is 12.6. The Morgan fingerprint density at radius 1 is 1.53 bits per heavy atom. The fraction of sp³-hybridized carbons (Fsp3) is 0.455. The summed E-state index contributed by atoms with van der Waals surface area (Å²) in [5.41, 5.74) is 6.56. The van der Waals surface area contributed by atoms with E-state index in [2.05, 4.69) is 0 Å². The average molecular weight is 231 g/mol. The highest BCUT2D eigenvalue weighted by Crippen LogP contribution is 2.21. The molecule has 0 spiro atoms. The number of nitrogens with two attached hydrogens (primary N) is 1. The zero-order valence-electron chi connectivity index (χ0n) is 9.00. The second-order valence-electron chi connectivity index (χ2n) is 3.79. The summed E-state index contributed by atoms with van der Waals surface area (Å²) < 4.78 is 12.9. The van der Waals surface area contributed by atoms with Crippen molar-refractivity contribution < 1.29 is 4.39 Å². The predicted octanol–water partition coefficient (Wildman–Crippen LogP) is 2.65. The monoisotopic (exact) mass is 230 g/mol. The number of hydrogen-bond donors (Lipinski definition) is 1. The zero-order chi connectivity index (χ0) is 11.4. The summed E-state index contributed by atoms with van der Waals surface area (Å²) in [4.78, 5) is 2.01. The predicted molar refractivity (Wildman–Crippen MR) is 62.9 cm³/mol. The largest absolute Gasteiger partial charge is 0.374 e. The highest BCUT2D eigenvalue weighted by molar-refractivity contribution is 6.31. The van der Waals surface area contributed by atoms with Crippen LogP contribution in [0, 0.1) is 5.82 Å². The van der Waals surface area contributed by atoms with Gasteiger partial charge in [0.25, 0.3) is 0 Å². The second kappa shape index (κ2) is 5.33. The average Bonchev–Trinajstić information content (AvgIpc) is 2.18. The lowest BCUT2D eigenvalue weighted by molar-refractivity contribution is 0.627. The summed E-state index contributed by atoms with van der Waals surface area (Å²) in [6, 6.07) is 4.88. The third kappa shape index (κ3) is 3.68. The highest BCUT2D eigenvalue weighted by atomic mass is 35.5. The van der Waals surface area contributed by atoms with Crippen molar-refractivity contribution in [2.75, 3.05) is 18.5 Å². The van der Waals surface area contributed by atoms with Gasteiger partial charge < -0.3 is 10.6 Å². The zero-order valence-corrected chi connectivity index (χ0v) is 9.76. The van der Waals surface area contributed by atoms with Crippen LogP contribution in [0.4, 0.5) is 10.1 Å². The first kappa shape index (κ1) is 12.3. The lowest BCUT2D eigenvalue weighted by Crippen LogP contribution is -2.25. The number of benzene rings is 1. The van der Waals surface area contributed by atoms with Crippen molar-refractivity contribution in [3.05, 3.63) is 29.0 Å². The molecule has 2 N–H and O–H groups in total. The Labute approximate surface area is 94.8 Å². The van der Waals surface area contributed by atoms with E-state index in [9.17, 15) is 4.39 Å². The fourth-order valence-electron chi connectivity index (χ4n) is 1.25. The van der Waals surface area contributed by atoms with Gasteiger partial charge in [0.1, 0.15) is 5.82 Å². The van der Waals surface area contributed by atoms with Gasteiger partial charge in [-0.15, -0.1) is 0 Å². The van der Waals surface area contributed by atoms with Gasteiger partial charge in [0.05, 0.1) is 5.02 Å². The third-order valence-corrected chi connectivity index (χ3v) is 2.55. The molecule has 0 saturated heterocycles. The minimum absolute atomic E-state index is 0.153. The van der Waals surface area contributed by atoms with E-state index in [1.807, 2.05) is 18.9 Å². The molecule has 84 valence electrons. The van der Waals surface area contributed by atoms with Gasteiger partial charge in [-0.3, -0.25) is 0 Å². The Morgan fingerprint density at radius 2 is 2.20 bits per heavy atom. The maximum Gasteiger partial charge on any atom is 0.141 e. The van der Waals surface area contributed by atoms with Crippen LogP contribution in [0.3, 0.4) is 0 Å². The molecule has 4 heteroatoms. The van der Waals surface area contributed by atoms with Crippen LogP contribution in [0.1, 0.15) is 13.3 Å². The molecular formula is C11H16ClFN2. The summed E-state index contributed by atoms with van der Waals surface area (Å²) in [6.45, 7) is 2.80. The molecule has 15 heavy (non-hydrogen) atoms. The summed E-state index contributed by atoms with van der Waals surface area (Å²) in [5, 5.41) is 0.153. The van der Waals surface area contributed by atoms with Crippen molar-refractivity contribution in [1.29, 1.82) is 0 Å². The molecule has 0 bridgehead atoms. The summed E-state index contributed by atoms with van der Waals surface area (Å²) >= 11 is 5.69. The molecule has 0 saturated carbocycles. The van der Waals surface area contributed by atoms with Crippen LogP contribution in [-0.2, 0) is 0 Å².